The number of hydrogen-bond acceptors (Lipinski definition) is 2. The van der Waals surface area contributed by atoms with Crippen LogP contribution in [-0.2, 0) is 0 Å². The average Bonchev–Trinajstić information content (AvgIpc) is 3.86. The first-order valence-electron chi connectivity index (χ1n) is 20.2. The minimum absolute atomic E-state index is 0.869. The number of benzene rings is 10. The van der Waals surface area contributed by atoms with Crippen molar-refractivity contribution in [3.8, 4) is 27.9 Å². The molecule has 3 nitrogen and oxygen atoms in total. The van der Waals surface area contributed by atoms with Crippen LogP contribution in [0.4, 0.5) is 17.1 Å². The van der Waals surface area contributed by atoms with Crippen LogP contribution in [0.1, 0.15) is 0 Å². The van der Waals surface area contributed by atoms with Crippen molar-refractivity contribution in [1.82, 2.24) is 4.57 Å². The Morgan fingerprint density at radius 2 is 0.966 bits per heavy atom. The molecule has 0 atom stereocenters. The minimum Gasteiger partial charge on any atom is -0.456 e. The highest BCUT2D eigenvalue weighted by Gasteiger charge is 2.21. The molecule has 3 heteroatoms. The molecular formula is C56H36N2O. The molecule has 12 aromatic rings. The molecule has 2 heterocycles. The van der Waals surface area contributed by atoms with Gasteiger partial charge >= 0.3 is 0 Å². The van der Waals surface area contributed by atoms with Crippen molar-refractivity contribution in [1.29, 1.82) is 0 Å². The molecule has 0 fully saturated rings. The van der Waals surface area contributed by atoms with Crippen molar-refractivity contribution in [3.63, 3.8) is 0 Å². The van der Waals surface area contributed by atoms with Gasteiger partial charge < -0.3 is 13.9 Å². The summed E-state index contributed by atoms with van der Waals surface area (Å²) in [6.45, 7) is 0. The Kier molecular flexibility index (Phi) is 7.54. The standard InChI is InChI=1S/C56H36N2O/c1-2-13-37(14-3-1)38-25-30-41(31-26-38)57(52-22-12-24-54-55(52)49-20-9-11-23-53(49)59-54)42-32-27-40(28-33-42)43-35-36-51(46-18-7-6-17-45(43)46)58-50-21-10-8-19-47(50)48-34-29-39-15-4-5-16-44(39)56(48)58/h1-36H. The van der Waals surface area contributed by atoms with Gasteiger partial charge in [-0.15, -0.1) is 0 Å². The van der Waals surface area contributed by atoms with Crippen molar-refractivity contribution >= 4 is 82.4 Å². The summed E-state index contributed by atoms with van der Waals surface area (Å²) in [5.41, 5.74) is 13.3. The zero-order valence-electron chi connectivity index (χ0n) is 32.1. The molecule has 0 saturated heterocycles. The van der Waals surface area contributed by atoms with E-state index < -0.39 is 0 Å². The number of anilines is 3. The summed E-state index contributed by atoms with van der Waals surface area (Å²) in [7, 11) is 0. The number of fused-ring (bicyclic) bond motifs is 9. The van der Waals surface area contributed by atoms with E-state index in [1.165, 1.54) is 65.7 Å². The molecule has 12 rings (SSSR count). The fourth-order valence-electron chi connectivity index (χ4n) is 9.30. The number of rotatable bonds is 6. The molecule has 0 N–H and O–H groups in total. The summed E-state index contributed by atoms with van der Waals surface area (Å²) < 4.78 is 8.86. The Morgan fingerprint density at radius 3 is 1.76 bits per heavy atom. The maximum Gasteiger partial charge on any atom is 0.137 e. The number of aromatic nitrogens is 1. The molecular weight excluding hydrogens is 717 g/mol. The van der Waals surface area contributed by atoms with Crippen LogP contribution in [0.25, 0.3) is 93.2 Å². The Bertz CT molecular complexity index is 3540. The topological polar surface area (TPSA) is 21.3 Å². The van der Waals surface area contributed by atoms with Crippen molar-refractivity contribution < 1.29 is 4.42 Å². The predicted octanol–water partition coefficient (Wildman–Crippen LogP) is 15.8. The first-order chi connectivity index (χ1) is 29.3. The first kappa shape index (κ1) is 33.3. The van der Waals surface area contributed by atoms with Gasteiger partial charge in [0, 0.05) is 38.3 Å². The summed E-state index contributed by atoms with van der Waals surface area (Å²) in [6, 6.07) is 78.7. The van der Waals surface area contributed by atoms with Crippen LogP contribution in [-0.4, -0.2) is 4.57 Å². The van der Waals surface area contributed by atoms with Crippen LogP contribution in [0.3, 0.4) is 0 Å². The minimum atomic E-state index is 0.869. The molecule has 10 aromatic carbocycles. The highest BCUT2D eigenvalue weighted by Crippen LogP contribution is 2.45. The predicted molar refractivity (Wildman–Crippen MR) is 249 cm³/mol. The molecule has 0 amide bonds. The van der Waals surface area contributed by atoms with Crippen molar-refractivity contribution in [3.05, 3.63) is 218 Å². The zero-order chi connectivity index (χ0) is 38.9. The van der Waals surface area contributed by atoms with Crippen LogP contribution in [0.5, 0.6) is 0 Å². The van der Waals surface area contributed by atoms with E-state index in [9.17, 15) is 0 Å². The number of furan rings is 1. The molecule has 0 spiro atoms. The molecule has 59 heavy (non-hydrogen) atoms. The first-order valence-corrected chi connectivity index (χ1v) is 20.2. The Hall–Kier alpha value is -7.88. The largest absolute Gasteiger partial charge is 0.456 e. The van der Waals surface area contributed by atoms with Gasteiger partial charge in [-0.3, -0.25) is 0 Å². The second-order valence-corrected chi connectivity index (χ2v) is 15.3. The lowest BCUT2D eigenvalue weighted by Gasteiger charge is -2.27. The third kappa shape index (κ3) is 5.29. The third-order valence-corrected chi connectivity index (χ3v) is 12.0. The van der Waals surface area contributed by atoms with Crippen LogP contribution < -0.4 is 4.90 Å². The lowest BCUT2D eigenvalue weighted by Crippen LogP contribution is -2.10. The average molecular weight is 753 g/mol. The molecule has 2 aromatic heterocycles. The molecule has 276 valence electrons. The van der Waals surface area contributed by atoms with Crippen LogP contribution >= 0.6 is 0 Å². The maximum absolute atomic E-state index is 6.39. The van der Waals surface area contributed by atoms with Gasteiger partial charge in [-0.05, 0) is 87.6 Å². The smallest absolute Gasteiger partial charge is 0.137 e. The van der Waals surface area contributed by atoms with E-state index in [1.807, 2.05) is 12.1 Å². The zero-order valence-corrected chi connectivity index (χ0v) is 32.1. The Labute approximate surface area is 341 Å². The number of nitrogens with zero attached hydrogens (tertiary/aromatic N) is 2. The number of hydrogen-bond donors (Lipinski definition) is 0. The van der Waals surface area contributed by atoms with Gasteiger partial charge in [-0.25, -0.2) is 0 Å². The van der Waals surface area contributed by atoms with Crippen molar-refractivity contribution in [2.24, 2.45) is 0 Å². The van der Waals surface area contributed by atoms with Crippen molar-refractivity contribution in [2.75, 3.05) is 4.90 Å². The fourth-order valence-corrected chi connectivity index (χ4v) is 9.30. The lowest BCUT2D eigenvalue weighted by molar-refractivity contribution is 0.669. The molecule has 0 radical (unpaired) electrons. The van der Waals surface area contributed by atoms with Gasteiger partial charge in [0.25, 0.3) is 0 Å². The van der Waals surface area contributed by atoms with Gasteiger partial charge in [-0.1, -0.05) is 164 Å². The van der Waals surface area contributed by atoms with Gasteiger partial charge in [0.15, 0.2) is 0 Å². The maximum atomic E-state index is 6.39. The van der Waals surface area contributed by atoms with Crippen LogP contribution in [0.15, 0.2) is 223 Å². The molecule has 0 aliphatic carbocycles. The summed E-state index contributed by atoms with van der Waals surface area (Å²) in [5, 5.41) is 9.64. The van der Waals surface area contributed by atoms with Crippen molar-refractivity contribution in [2.45, 2.75) is 0 Å². The highest BCUT2D eigenvalue weighted by molar-refractivity contribution is 6.20. The normalized spacial score (nSPS) is 11.7. The Balaban J connectivity index is 1.01. The Morgan fingerprint density at radius 1 is 0.356 bits per heavy atom. The van der Waals surface area contributed by atoms with Gasteiger partial charge in [0.05, 0.1) is 27.8 Å². The van der Waals surface area contributed by atoms with Gasteiger partial charge in [0.2, 0.25) is 0 Å². The quantitative estimate of drug-likeness (QED) is 0.169. The highest BCUT2D eigenvalue weighted by atomic mass is 16.3. The van der Waals surface area contributed by atoms with Crippen LogP contribution in [0.2, 0.25) is 0 Å². The van der Waals surface area contributed by atoms with E-state index in [4.69, 9.17) is 4.42 Å². The molecule has 0 aliphatic heterocycles. The van der Waals surface area contributed by atoms with E-state index >= 15 is 0 Å². The number of para-hydroxylation sites is 2. The second kappa shape index (κ2) is 13.4. The summed E-state index contributed by atoms with van der Waals surface area (Å²) in [4.78, 5) is 2.36. The summed E-state index contributed by atoms with van der Waals surface area (Å²) in [6.07, 6.45) is 0. The monoisotopic (exact) mass is 752 g/mol. The summed E-state index contributed by atoms with van der Waals surface area (Å²) >= 11 is 0. The van der Waals surface area contributed by atoms with E-state index in [2.05, 4.69) is 216 Å². The van der Waals surface area contributed by atoms with E-state index in [0.29, 0.717) is 0 Å². The second-order valence-electron chi connectivity index (χ2n) is 15.3. The third-order valence-electron chi connectivity index (χ3n) is 12.0. The van der Waals surface area contributed by atoms with E-state index in [0.717, 1.165) is 44.6 Å². The SMILES string of the molecule is c1ccc(-c2ccc(N(c3ccc(-c4ccc(-n5c6ccccc6c6ccc7ccccc7c65)c5ccccc45)cc3)c3cccc4oc5ccccc5c34)cc2)cc1. The molecule has 0 saturated carbocycles. The lowest BCUT2D eigenvalue weighted by atomic mass is 9.96. The van der Waals surface area contributed by atoms with Crippen LogP contribution in [0, 0.1) is 0 Å². The van der Waals surface area contributed by atoms with E-state index in [1.54, 1.807) is 0 Å². The fraction of sp³-hybridized carbons (Fsp3) is 0. The molecule has 0 unspecified atom stereocenters. The van der Waals surface area contributed by atoms with Gasteiger partial charge in [-0.2, -0.15) is 0 Å². The summed E-state index contributed by atoms with van der Waals surface area (Å²) in [5.74, 6) is 0. The van der Waals surface area contributed by atoms with Gasteiger partial charge in [0.1, 0.15) is 11.2 Å². The van der Waals surface area contributed by atoms with E-state index in [-0.39, 0.29) is 0 Å². The molecule has 0 bridgehead atoms. The molecule has 0 aliphatic rings.